The van der Waals surface area contributed by atoms with Crippen LogP contribution in [0.15, 0.2) is 72.0 Å². The van der Waals surface area contributed by atoms with Gasteiger partial charge in [0.2, 0.25) is 0 Å². The monoisotopic (exact) mass is 371 g/mol. The van der Waals surface area contributed by atoms with Gasteiger partial charge in [-0.05, 0) is 36.4 Å². The molecule has 2 aromatic carbocycles. The van der Waals surface area contributed by atoms with Gasteiger partial charge in [-0.1, -0.05) is 35.9 Å². The average Bonchev–Trinajstić information content (AvgIpc) is 3.09. The number of aromatic nitrogens is 3. The zero-order chi connectivity index (χ0) is 18.2. The second-order valence-electron chi connectivity index (χ2n) is 6.17. The molecule has 0 saturated heterocycles. The maximum atomic E-state index is 6.22. The van der Waals surface area contributed by atoms with E-state index in [4.69, 9.17) is 16.6 Å². The first kappa shape index (κ1) is 15.8. The number of nitrogens with one attached hydrogen (secondary N) is 2. The molecule has 0 spiro atoms. The van der Waals surface area contributed by atoms with Gasteiger partial charge in [-0.3, -0.25) is 10.4 Å². The summed E-state index contributed by atoms with van der Waals surface area (Å²) in [5, 5.41) is 8.06. The number of hydrogen-bond acceptors (Lipinski definition) is 4. The van der Waals surface area contributed by atoms with Gasteiger partial charge < -0.3 is 4.98 Å². The highest BCUT2D eigenvalue weighted by atomic mass is 35.5. The van der Waals surface area contributed by atoms with Crippen molar-refractivity contribution in [3.63, 3.8) is 0 Å². The first-order valence-corrected chi connectivity index (χ1v) is 8.87. The second-order valence-corrected chi connectivity index (χ2v) is 6.60. The molecule has 0 aliphatic carbocycles. The molecule has 0 aliphatic rings. The van der Waals surface area contributed by atoms with Crippen molar-refractivity contribution in [1.82, 2.24) is 15.0 Å². The third-order valence-corrected chi connectivity index (χ3v) is 4.69. The minimum absolute atomic E-state index is 0.679. The van der Waals surface area contributed by atoms with Crippen molar-refractivity contribution in [2.75, 3.05) is 5.43 Å². The zero-order valence-electron chi connectivity index (χ0n) is 14.1. The van der Waals surface area contributed by atoms with Crippen LogP contribution in [0.1, 0.15) is 5.69 Å². The fourth-order valence-electron chi connectivity index (χ4n) is 3.27. The van der Waals surface area contributed by atoms with Crippen LogP contribution in [0, 0.1) is 0 Å². The van der Waals surface area contributed by atoms with Crippen LogP contribution in [0.25, 0.3) is 32.7 Å². The number of fused-ring (bicyclic) bond motifs is 5. The van der Waals surface area contributed by atoms with Crippen LogP contribution >= 0.6 is 11.6 Å². The van der Waals surface area contributed by atoms with E-state index in [9.17, 15) is 0 Å². The maximum absolute atomic E-state index is 6.22. The number of aromatic amines is 1. The topological polar surface area (TPSA) is 66.0 Å². The molecule has 0 amide bonds. The van der Waals surface area contributed by atoms with Crippen LogP contribution < -0.4 is 5.43 Å². The van der Waals surface area contributed by atoms with Gasteiger partial charge in [0, 0.05) is 27.5 Å². The smallest absolute Gasteiger partial charge is 0.156 e. The van der Waals surface area contributed by atoms with Gasteiger partial charge >= 0.3 is 0 Å². The van der Waals surface area contributed by atoms with Crippen molar-refractivity contribution in [3.05, 3.63) is 77.6 Å². The lowest BCUT2D eigenvalue weighted by Crippen LogP contribution is -1.96. The molecule has 130 valence electrons. The van der Waals surface area contributed by atoms with E-state index in [0.717, 1.165) is 38.4 Å². The first-order chi connectivity index (χ1) is 13.3. The van der Waals surface area contributed by atoms with Crippen LogP contribution in [-0.4, -0.2) is 21.2 Å². The third-order valence-electron chi connectivity index (χ3n) is 4.46. The summed E-state index contributed by atoms with van der Waals surface area (Å²) < 4.78 is 0. The van der Waals surface area contributed by atoms with Crippen molar-refractivity contribution in [1.29, 1.82) is 0 Å². The van der Waals surface area contributed by atoms with Gasteiger partial charge in [0.05, 0.1) is 28.3 Å². The quantitative estimate of drug-likeness (QED) is 0.331. The van der Waals surface area contributed by atoms with Gasteiger partial charge in [0.1, 0.15) is 0 Å². The maximum Gasteiger partial charge on any atom is 0.156 e. The molecule has 27 heavy (non-hydrogen) atoms. The number of H-pyrrole nitrogens is 1. The molecule has 0 bridgehead atoms. The third kappa shape index (κ3) is 2.78. The fourth-order valence-corrected chi connectivity index (χ4v) is 3.44. The number of hydrogen-bond donors (Lipinski definition) is 2. The lowest BCUT2D eigenvalue weighted by Gasteiger charge is -2.06. The van der Waals surface area contributed by atoms with Crippen molar-refractivity contribution in [2.24, 2.45) is 5.10 Å². The van der Waals surface area contributed by atoms with Gasteiger partial charge in [0.25, 0.3) is 0 Å². The Labute approximate surface area is 159 Å². The lowest BCUT2D eigenvalue weighted by molar-refractivity contribution is 1.26. The highest BCUT2D eigenvalue weighted by Gasteiger charge is 2.14. The Morgan fingerprint density at radius 3 is 2.78 bits per heavy atom. The number of pyridine rings is 2. The predicted molar refractivity (Wildman–Crippen MR) is 112 cm³/mol. The number of benzene rings is 2. The van der Waals surface area contributed by atoms with Crippen LogP contribution in [-0.2, 0) is 0 Å². The van der Waals surface area contributed by atoms with Crippen molar-refractivity contribution >= 4 is 56.3 Å². The highest BCUT2D eigenvalue weighted by Crippen LogP contribution is 2.35. The summed E-state index contributed by atoms with van der Waals surface area (Å²) in [4.78, 5) is 12.5. The standard InChI is InChI=1S/C21H14ClN5/c22-13-8-9-18-16(11-13)20-19(15-6-1-2-7-17(15)25-20)21(26-18)27-24-12-14-5-3-4-10-23-14/h1-12,25H,(H,26,27)/b24-12+. The molecule has 5 aromatic rings. The Kier molecular flexibility index (Phi) is 3.73. The SMILES string of the molecule is Clc1ccc2nc(N/N=C/c3ccccn3)c3c4ccccc4[nH]c3c2c1. The Hall–Kier alpha value is -3.44. The van der Waals surface area contributed by atoms with Crippen molar-refractivity contribution in [3.8, 4) is 0 Å². The summed E-state index contributed by atoms with van der Waals surface area (Å²) in [6.07, 6.45) is 3.41. The van der Waals surface area contributed by atoms with Crippen molar-refractivity contribution < 1.29 is 0 Å². The molecule has 6 heteroatoms. The largest absolute Gasteiger partial charge is 0.354 e. The van der Waals surface area contributed by atoms with E-state index < -0.39 is 0 Å². The Morgan fingerprint density at radius 2 is 1.89 bits per heavy atom. The van der Waals surface area contributed by atoms with E-state index >= 15 is 0 Å². The molecule has 0 aliphatic heterocycles. The van der Waals surface area contributed by atoms with E-state index in [1.807, 2.05) is 54.6 Å². The van der Waals surface area contributed by atoms with Crippen molar-refractivity contribution in [2.45, 2.75) is 0 Å². The molecule has 2 N–H and O–H groups in total. The molecular formula is C21H14ClN5. The minimum atomic E-state index is 0.679. The molecule has 0 saturated carbocycles. The Balaban J connectivity index is 1.72. The molecule has 3 aromatic heterocycles. The molecule has 0 radical (unpaired) electrons. The molecule has 3 heterocycles. The Morgan fingerprint density at radius 1 is 1.00 bits per heavy atom. The molecule has 0 atom stereocenters. The van der Waals surface area contributed by atoms with E-state index in [0.29, 0.717) is 10.8 Å². The second kappa shape index (κ2) is 6.37. The number of halogens is 1. The number of rotatable bonds is 3. The number of anilines is 1. The minimum Gasteiger partial charge on any atom is -0.354 e. The summed E-state index contributed by atoms with van der Waals surface area (Å²) in [7, 11) is 0. The average molecular weight is 372 g/mol. The van der Waals surface area contributed by atoms with Gasteiger partial charge in [-0.15, -0.1) is 0 Å². The first-order valence-electron chi connectivity index (χ1n) is 8.49. The highest BCUT2D eigenvalue weighted by molar-refractivity contribution is 6.32. The molecule has 0 fully saturated rings. The van der Waals surface area contributed by atoms with E-state index in [2.05, 4.69) is 26.6 Å². The number of nitrogens with zero attached hydrogens (tertiary/aromatic N) is 3. The summed E-state index contributed by atoms with van der Waals surface area (Å²) in [6.45, 7) is 0. The molecule has 0 unspecified atom stereocenters. The van der Waals surface area contributed by atoms with Crippen LogP contribution in [0.2, 0.25) is 5.02 Å². The van der Waals surface area contributed by atoms with Gasteiger partial charge in [-0.2, -0.15) is 5.10 Å². The number of hydrazone groups is 1. The molecular weight excluding hydrogens is 358 g/mol. The number of para-hydroxylation sites is 1. The zero-order valence-corrected chi connectivity index (χ0v) is 14.9. The normalized spacial score (nSPS) is 11.7. The Bertz CT molecular complexity index is 1310. The summed E-state index contributed by atoms with van der Waals surface area (Å²) in [5.41, 5.74) is 6.72. The molecule has 5 rings (SSSR count). The summed E-state index contributed by atoms with van der Waals surface area (Å²) >= 11 is 6.22. The predicted octanol–water partition coefficient (Wildman–Crippen LogP) is 5.36. The van der Waals surface area contributed by atoms with E-state index in [1.54, 1.807) is 12.4 Å². The van der Waals surface area contributed by atoms with Crippen LogP contribution in [0.5, 0.6) is 0 Å². The molecule has 5 nitrogen and oxygen atoms in total. The summed E-state index contributed by atoms with van der Waals surface area (Å²) in [6, 6.07) is 19.5. The van der Waals surface area contributed by atoms with E-state index in [1.165, 1.54) is 0 Å². The van der Waals surface area contributed by atoms with Gasteiger partial charge in [0.15, 0.2) is 5.82 Å². The van der Waals surface area contributed by atoms with Crippen LogP contribution in [0.3, 0.4) is 0 Å². The van der Waals surface area contributed by atoms with E-state index in [-0.39, 0.29) is 0 Å². The van der Waals surface area contributed by atoms with Gasteiger partial charge in [-0.25, -0.2) is 4.98 Å². The van der Waals surface area contributed by atoms with Crippen LogP contribution in [0.4, 0.5) is 5.82 Å². The lowest BCUT2D eigenvalue weighted by atomic mass is 10.1. The summed E-state index contributed by atoms with van der Waals surface area (Å²) in [5.74, 6) is 0.685. The fraction of sp³-hybridized carbons (Fsp3) is 0.